The molecule has 0 aliphatic carbocycles. The molecule has 24 heavy (non-hydrogen) atoms. The monoisotopic (exact) mass is 325 g/mol. The highest BCUT2D eigenvalue weighted by molar-refractivity contribution is 6.01. The summed E-state index contributed by atoms with van der Waals surface area (Å²) in [7, 11) is 0. The van der Waals surface area contributed by atoms with E-state index in [1.165, 1.54) is 17.9 Å². The summed E-state index contributed by atoms with van der Waals surface area (Å²) in [6, 6.07) is 16.8. The van der Waals surface area contributed by atoms with Crippen LogP contribution in [0.4, 0.5) is 5.69 Å². The van der Waals surface area contributed by atoms with Crippen LogP contribution in [0.3, 0.4) is 0 Å². The predicted molar refractivity (Wildman–Crippen MR) is 91.5 cm³/mol. The van der Waals surface area contributed by atoms with E-state index in [1.807, 2.05) is 30.3 Å². The standard InChI is InChI=1S/C19H19NO4/c1-3-19(22)20(14-24-15(2)21)17-9-11-18(12-10-17)23-13-16-7-5-4-6-8-16/h3-12H,1,13-14H2,2H3. The largest absolute Gasteiger partial charge is 0.489 e. The Labute approximate surface area is 141 Å². The van der Waals surface area contributed by atoms with Crippen molar-refractivity contribution in [2.45, 2.75) is 13.5 Å². The van der Waals surface area contributed by atoms with Crippen LogP contribution < -0.4 is 9.64 Å². The molecule has 2 aromatic carbocycles. The molecule has 0 saturated heterocycles. The van der Waals surface area contributed by atoms with Crippen molar-refractivity contribution < 1.29 is 19.1 Å². The van der Waals surface area contributed by atoms with Crippen LogP contribution in [0.5, 0.6) is 5.75 Å². The number of anilines is 1. The Kier molecular flexibility index (Phi) is 6.14. The zero-order valence-electron chi connectivity index (χ0n) is 13.5. The van der Waals surface area contributed by atoms with Crippen molar-refractivity contribution >= 4 is 17.6 Å². The second kappa shape index (κ2) is 8.53. The number of benzene rings is 2. The van der Waals surface area contributed by atoms with Crippen LogP contribution in [0.2, 0.25) is 0 Å². The van der Waals surface area contributed by atoms with E-state index in [9.17, 15) is 9.59 Å². The van der Waals surface area contributed by atoms with Gasteiger partial charge in [-0.05, 0) is 35.9 Å². The lowest BCUT2D eigenvalue weighted by atomic mass is 10.2. The van der Waals surface area contributed by atoms with Gasteiger partial charge in [-0.15, -0.1) is 0 Å². The topological polar surface area (TPSA) is 55.8 Å². The summed E-state index contributed by atoms with van der Waals surface area (Å²) in [6.07, 6.45) is 1.17. The summed E-state index contributed by atoms with van der Waals surface area (Å²) in [5, 5.41) is 0. The maximum atomic E-state index is 11.9. The molecule has 5 heteroatoms. The molecule has 0 aliphatic rings. The summed E-state index contributed by atoms with van der Waals surface area (Å²) < 4.78 is 10.6. The first-order valence-corrected chi connectivity index (χ1v) is 7.44. The molecule has 124 valence electrons. The molecule has 5 nitrogen and oxygen atoms in total. The summed E-state index contributed by atoms with van der Waals surface area (Å²) in [5.41, 5.74) is 1.66. The number of hydrogen-bond donors (Lipinski definition) is 0. The minimum absolute atomic E-state index is 0.162. The first kappa shape index (κ1) is 17.3. The van der Waals surface area contributed by atoms with Gasteiger partial charge in [0.05, 0.1) is 0 Å². The average molecular weight is 325 g/mol. The van der Waals surface area contributed by atoms with Gasteiger partial charge in [0.1, 0.15) is 12.4 Å². The molecule has 2 aromatic rings. The molecular formula is C19H19NO4. The number of amides is 1. The third-order valence-corrected chi connectivity index (χ3v) is 3.23. The van der Waals surface area contributed by atoms with Crippen LogP contribution in [0.25, 0.3) is 0 Å². The quantitative estimate of drug-likeness (QED) is 0.445. The molecule has 0 N–H and O–H groups in total. The SMILES string of the molecule is C=CC(=O)N(COC(C)=O)c1ccc(OCc2ccccc2)cc1. The van der Waals surface area contributed by atoms with Gasteiger partial charge < -0.3 is 9.47 Å². The van der Waals surface area contributed by atoms with Gasteiger partial charge in [0, 0.05) is 12.6 Å². The van der Waals surface area contributed by atoms with Crippen LogP contribution in [-0.2, 0) is 20.9 Å². The summed E-state index contributed by atoms with van der Waals surface area (Å²) in [5.74, 6) is -0.130. The Balaban J connectivity index is 2.03. The summed E-state index contributed by atoms with van der Waals surface area (Å²) in [4.78, 5) is 24.2. The van der Waals surface area contributed by atoms with Crippen molar-refractivity contribution in [3.8, 4) is 5.75 Å². The van der Waals surface area contributed by atoms with E-state index >= 15 is 0 Å². The van der Waals surface area contributed by atoms with E-state index in [2.05, 4.69) is 6.58 Å². The highest BCUT2D eigenvalue weighted by Crippen LogP contribution is 2.21. The predicted octanol–water partition coefficient (Wildman–Crippen LogP) is 3.31. The van der Waals surface area contributed by atoms with Crippen LogP contribution in [-0.4, -0.2) is 18.6 Å². The van der Waals surface area contributed by atoms with Gasteiger partial charge in [-0.25, -0.2) is 0 Å². The molecule has 2 rings (SSSR count). The molecule has 0 fully saturated rings. The van der Waals surface area contributed by atoms with E-state index in [4.69, 9.17) is 9.47 Å². The molecule has 0 radical (unpaired) electrons. The smallest absolute Gasteiger partial charge is 0.304 e. The fraction of sp³-hybridized carbons (Fsp3) is 0.158. The Morgan fingerprint density at radius 2 is 1.75 bits per heavy atom. The molecule has 0 aliphatic heterocycles. The number of carbonyl (C=O) groups is 2. The van der Waals surface area contributed by atoms with E-state index in [-0.39, 0.29) is 12.6 Å². The second-order valence-corrected chi connectivity index (χ2v) is 5.00. The fourth-order valence-electron chi connectivity index (χ4n) is 1.99. The van der Waals surface area contributed by atoms with Gasteiger partial charge in [-0.1, -0.05) is 36.9 Å². The number of carbonyl (C=O) groups excluding carboxylic acids is 2. The molecule has 0 unspecified atom stereocenters. The number of nitrogens with zero attached hydrogens (tertiary/aromatic N) is 1. The molecule has 0 bridgehead atoms. The Morgan fingerprint density at radius 1 is 1.08 bits per heavy atom. The molecule has 0 saturated carbocycles. The zero-order valence-corrected chi connectivity index (χ0v) is 13.5. The normalized spacial score (nSPS) is 9.88. The Hall–Kier alpha value is -3.08. The molecular weight excluding hydrogens is 306 g/mol. The highest BCUT2D eigenvalue weighted by Gasteiger charge is 2.14. The zero-order chi connectivity index (χ0) is 17.4. The average Bonchev–Trinajstić information content (AvgIpc) is 2.61. The Bertz CT molecular complexity index is 695. The van der Waals surface area contributed by atoms with Crippen molar-refractivity contribution in [2.24, 2.45) is 0 Å². The minimum Gasteiger partial charge on any atom is -0.489 e. The van der Waals surface area contributed by atoms with Crippen molar-refractivity contribution in [2.75, 3.05) is 11.6 Å². The Morgan fingerprint density at radius 3 is 2.33 bits per heavy atom. The molecule has 0 spiro atoms. The first-order chi connectivity index (χ1) is 11.6. The maximum Gasteiger partial charge on any atom is 0.304 e. The van der Waals surface area contributed by atoms with Gasteiger partial charge in [0.15, 0.2) is 6.73 Å². The highest BCUT2D eigenvalue weighted by atomic mass is 16.5. The summed E-state index contributed by atoms with van der Waals surface area (Å²) in [6.45, 7) is 5.05. The van der Waals surface area contributed by atoms with Crippen molar-refractivity contribution in [3.63, 3.8) is 0 Å². The van der Waals surface area contributed by atoms with Gasteiger partial charge in [0.2, 0.25) is 0 Å². The summed E-state index contributed by atoms with van der Waals surface area (Å²) >= 11 is 0. The molecule has 1 amide bonds. The van der Waals surface area contributed by atoms with Crippen molar-refractivity contribution in [3.05, 3.63) is 72.8 Å². The fourth-order valence-corrected chi connectivity index (χ4v) is 1.99. The third-order valence-electron chi connectivity index (χ3n) is 3.23. The van der Waals surface area contributed by atoms with Crippen LogP contribution >= 0.6 is 0 Å². The van der Waals surface area contributed by atoms with Crippen LogP contribution in [0.1, 0.15) is 12.5 Å². The third kappa shape index (κ3) is 4.98. The van der Waals surface area contributed by atoms with Crippen molar-refractivity contribution in [1.82, 2.24) is 0 Å². The lowest BCUT2D eigenvalue weighted by Gasteiger charge is -2.20. The molecule has 0 atom stereocenters. The lowest BCUT2D eigenvalue weighted by Crippen LogP contribution is -2.32. The number of esters is 1. The van der Waals surface area contributed by atoms with Crippen LogP contribution in [0, 0.1) is 0 Å². The lowest BCUT2D eigenvalue weighted by molar-refractivity contribution is -0.141. The maximum absolute atomic E-state index is 11.9. The number of rotatable bonds is 7. The number of hydrogen-bond acceptors (Lipinski definition) is 4. The number of ether oxygens (including phenoxy) is 2. The second-order valence-electron chi connectivity index (χ2n) is 5.00. The molecule has 0 aromatic heterocycles. The molecule has 0 heterocycles. The van der Waals surface area contributed by atoms with Gasteiger partial charge in [-0.2, -0.15) is 0 Å². The van der Waals surface area contributed by atoms with E-state index < -0.39 is 5.97 Å². The minimum atomic E-state index is -0.459. The van der Waals surface area contributed by atoms with E-state index in [0.29, 0.717) is 18.0 Å². The van der Waals surface area contributed by atoms with Crippen LogP contribution in [0.15, 0.2) is 67.3 Å². The van der Waals surface area contributed by atoms with Crippen molar-refractivity contribution in [1.29, 1.82) is 0 Å². The van der Waals surface area contributed by atoms with E-state index in [0.717, 1.165) is 5.56 Å². The van der Waals surface area contributed by atoms with Gasteiger partial charge in [-0.3, -0.25) is 14.5 Å². The first-order valence-electron chi connectivity index (χ1n) is 7.44. The van der Waals surface area contributed by atoms with Gasteiger partial charge in [0.25, 0.3) is 5.91 Å². The van der Waals surface area contributed by atoms with E-state index in [1.54, 1.807) is 24.3 Å². The van der Waals surface area contributed by atoms with Gasteiger partial charge >= 0.3 is 5.97 Å².